The lowest BCUT2D eigenvalue weighted by atomic mass is 9.65. The van der Waals surface area contributed by atoms with Crippen molar-refractivity contribution in [2.45, 2.75) is 46.1 Å². The van der Waals surface area contributed by atoms with Gasteiger partial charge in [-0.05, 0) is 70.9 Å². The van der Waals surface area contributed by atoms with Crippen molar-refractivity contribution >= 4 is 68.6 Å². The van der Waals surface area contributed by atoms with Gasteiger partial charge in [-0.25, -0.2) is 4.79 Å². The van der Waals surface area contributed by atoms with E-state index in [9.17, 15) is 29.4 Å². The molecule has 0 aliphatic heterocycles. The Balaban J connectivity index is 1.73. The molecule has 1 aliphatic rings. The van der Waals surface area contributed by atoms with Crippen molar-refractivity contribution < 1.29 is 29.4 Å². The molecule has 3 rings (SSSR count). The Hall–Kier alpha value is -2.62. The minimum atomic E-state index is -1.23. The molecule has 8 nitrogen and oxygen atoms in total. The van der Waals surface area contributed by atoms with Crippen LogP contribution in [0.15, 0.2) is 40.9 Å². The van der Waals surface area contributed by atoms with E-state index in [-0.39, 0.29) is 22.0 Å². The highest BCUT2D eigenvalue weighted by Gasteiger charge is 2.58. The number of carboxylic acid groups (broad SMARTS) is 2. The fourth-order valence-corrected chi connectivity index (χ4v) is 5.83. The number of rotatable bonds is 8. The molecule has 0 saturated heterocycles. The van der Waals surface area contributed by atoms with Gasteiger partial charge in [0.25, 0.3) is 5.91 Å². The molecule has 1 aliphatic carbocycles. The Morgan fingerprint density at radius 3 is 2.22 bits per heavy atom. The van der Waals surface area contributed by atoms with Gasteiger partial charge in [0.1, 0.15) is 6.04 Å². The summed E-state index contributed by atoms with van der Waals surface area (Å²) in [5.74, 6) is -3.82. The third-order valence-electron chi connectivity index (χ3n) is 7.54. The van der Waals surface area contributed by atoms with Crippen LogP contribution in [-0.4, -0.2) is 40.0 Å². The molecule has 0 aromatic heterocycles. The largest absolute Gasteiger partial charge is 0.481 e. The van der Waals surface area contributed by atoms with Crippen molar-refractivity contribution in [1.82, 2.24) is 5.32 Å². The van der Waals surface area contributed by atoms with Crippen molar-refractivity contribution in [3.8, 4) is 0 Å². The van der Waals surface area contributed by atoms with Crippen molar-refractivity contribution in [1.29, 1.82) is 0 Å². The molecule has 1 fully saturated rings. The van der Waals surface area contributed by atoms with E-state index in [1.807, 2.05) is 0 Å². The van der Waals surface area contributed by atoms with Gasteiger partial charge < -0.3 is 20.8 Å². The van der Waals surface area contributed by atoms with Gasteiger partial charge in [-0.1, -0.05) is 49.2 Å². The smallest absolute Gasteiger partial charge is 0.326 e. The molecule has 0 spiro atoms. The van der Waals surface area contributed by atoms with Crippen LogP contribution in [0.4, 0.5) is 5.69 Å². The number of hydrogen-bond donors (Lipinski definition) is 4. The highest BCUT2D eigenvalue weighted by Crippen LogP contribution is 2.56. The van der Waals surface area contributed by atoms with E-state index in [1.54, 1.807) is 57.2 Å². The van der Waals surface area contributed by atoms with E-state index in [0.717, 1.165) is 0 Å². The first-order chi connectivity index (χ1) is 17.2. The lowest BCUT2D eigenvalue weighted by Gasteiger charge is -2.38. The number of carbonyl (C=O) groups excluding carboxylic acids is 2. The molecule has 2 aromatic rings. The normalized spacial score (nSPS) is 21.2. The van der Waals surface area contributed by atoms with Gasteiger partial charge in [0.15, 0.2) is 0 Å². The monoisotopic (exact) mass is 612 g/mol. The molecule has 0 bridgehead atoms. The fourth-order valence-electron chi connectivity index (χ4n) is 4.74. The average molecular weight is 614 g/mol. The molecule has 0 radical (unpaired) electrons. The van der Waals surface area contributed by atoms with Gasteiger partial charge in [-0.3, -0.25) is 14.4 Å². The van der Waals surface area contributed by atoms with Crippen LogP contribution in [0.2, 0.25) is 10.0 Å². The van der Waals surface area contributed by atoms with Crippen LogP contribution in [0.25, 0.3) is 0 Å². The first-order valence-corrected chi connectivity index (χ1v) is 13.0. The van der Waals surface area contributed by atoms with E-state index in [0.29, 0.717) is 28.6 Å². The standard InChI is InChI=1S/C26H27BrCl2N2O6/c1-25(2)14(9-10-26(25,3)24(36)37)21(32)31-19(23(34)35)12-13-7-8-18(15(27)11-13)30-22(33)20-16(28)5-4-6-17(20)29/h4-8,11,14,19H,9-10,12H2,1-3H3,(H,30,33)(H,31,32)(H,34,35)(H,36,37)/t14?,19-,26-/m0/s1. The Labute approximate surface area is 232 Å². The zero-order valence-corrected chi connectivity index (χ0v) is 23.5. The second-order valence-corrected chi connectivity index (χ2v) is 11.6. The van der Waals surface area contributed by atoms with E-state index >= 15 is 0 Å². The van der Waals surface area contributed by atoms with E-state index < -0.39 is 46.5 Å². The summed E-state index contributed by atoms with van der Waals surface area (Å²) in [6, 6.07) is 8.38. The highest BCUT2D eigenvalue weighted by atomic mass is 79.9. The van der Waals surface area contributed by atoms with Gasteiger partial charge in [0.05, 0.1) is 26.7 Å². The Kier molecular flexibility index (Phi) is 8.61. The van der Waals surface area contributed by atoms with E-state index in [1.165, 1.54) is 0 Å². The molecule has 1 saturated carbocycles. The Bertz CT molecular complexity index is 1250. The minimum Gasteiger partial charge on any atom is -0.481 e. The summed E-state index contributed by atoms with van der Waals surface area (Å²) in [5.41, 5.74) is -0.813. The SMILES string of the molecule is CC1(C)C(C(=O)N[C@@H](Cc2ccc(NC(=O)c3c(Cl)cccc3Cl)c(Br)c2)C(=O)O)CC[C@@]1(C)C(=O)O. The number of anilines is 1. The number of hydrogen-bond acceptors (Lipinski definition) is 4. The molecule has 0 heterocycles. The maximum absolute atomic E-state index is 13.1. The summed E-state index contributed by atoms with van der Waals surface area (Å²) in [7, 11) is 0. The quantitative estimate of drug-likeness (QED) is 0.304. The Morgan fingerprint density at radius 2 is 1.70 bits per heavy atom. The second kappa shape index (κ2) is 11.0. The summed E-state index contributed by atoms with van der Waals surface area (Å²) in [6.45, 7) is 5.08. The predicted molar refractivity (Wildman–Crippen MR) is 144 cm³/mol. The van der Waals surface area contributed by atoms with Gasteiger partial charge in [0.2, 0.25) is 5.91 Å². The number of nitrogens with one attached hydrogen (secondary N) is 2. The third-order valence-corrected chi connectivity index (χ3v) is 8.83. The summed E-state index contributed by atoms with van der Waals surface area (Å²) in [6.07, 6.45) is 0.654. The molecular weight excluding hydrogens is 587 g/mol. The highest BCUT2D eigenvalue weighted by molar-refractivity contribution is 9.10. The van der Waals surface area contributed by atoms with E-state index in [4.69, 9.17) is 23.2 Å². The third kappa shape index (κ3) is 5.78. The van der Waals surface area contributed by atoms with Crippen LogP contribution in [0.1, 0.15) is 49.5 Å². The Morgan fingerprint density at radius 1 is 1.08 bits per heavy atom. The fraction of sp³-hybridized carbons (Fsp3) is 0.385. The predicted octanol–water partition coefficient (Wildman–Crippen LogP) is 5.65. The van der Waals surface area contributed by atoms with Crippen LogP contribution in [-0.2, 0) is 20.8 Å². The molecule has 37 heavy (non-hydrogen) atoms. The minimum absolute atomic E-state index is 0.0202. The summed E-state index contributed by atoms with van der Waals surface area (Å²) >= 11 is 15.6. The number of carbonyl (C=O) groups is 4. The van der Waals surface area contributed by atoms with Crippen LogP contribution in [0.3, 0.4) is 0 Å². The molecule has 3 atom stereocenters. The average Bonchev–Trinajstić information content (AvgIpc) is 3.04. The lowest BCUT2D eigenvalue weighted by molar-refractivity contribution is -0.155. The second-order valence-electron chi connectivity index (χ2n) is 9.92. The maximum Gasteiger partial charge on any atom is 0.326 e. The van der Waals surface area contributed by atoms with Crippen molar-refractivity contribution in [2.24, 2.45) is 16.7 Å². The molecule has 2 aromatic carbocycles. The number of amides is 2. The number of halogens is 3. The van der Waals surface area contributed by atoms with Crippen molar-refractivity contribution in [3.05, 3.63) is 62.0 Å². The van der Waals surface area contributed by atoms with Crippen molar-refractivity contribution in [2.75, 3.05) is 5.32 Å². The van der Waals surface area contributed by atoms with Crippen LogP contribution < -0.4 is 10.6 Å². The molecule has 1 unspecified atom stereocenters. The maximum atomic E-state index is 13.1. The van der Waals surface area contributed by atoms with E-state index in [2.05, 4.69) is 26.6 Å². The van der Waals surface area contributed by atoms with Crippen LogP contribution >= 0.6 is 39.1 Å². The first-order valence-electron chi connectivity index (χ1n) is 11.5. The molecule has 11 heteroatoms. The summed E-state index contributed by atoms with van der Waals surface area (Å²) < 4.78 is 0.492. The zero-order chi connectivity index (χ0) is 27.7. The topological polar surface area (TPSA) is 133 Å². The molecular formula is C26H27BrCl2N2O6. The van der Waals surface area contributed by atoms with Gasteiger partial charge in [-0.2, -0.15) is 0 Å². The van der Waals surface area contributed by atoms with Crippen LogP contribution in [0.5, 0.6) is 0 Å². The van der Waals surface area contributed by atoms with Gasteiger partial charge in [0, 0.05) is 16.8 Å². The van der Waals surface area contributed by atoms with Gasteiger partial charge >= 0.3 is 11.9 Å². The first kappa shape index (κ1) is 28.9. The van der Waals surface area contributed by atoms with Crippen molar-refractivity contribution in [3.63, 3.8) is 0 Å². The zero-order valence-electron chi connectivity index (χ0n) is 20.4. The lowest BCUT2D eigenvalue weighted by Crippen LogP contribution is -2.49. The van der Waals surface area contributed by atoms with Crippen LogP contribution in [0, 0.1) is 16.7 Å². The molecule has 2 amide bonds. The summed E-state index contributed by atoms with van der Waals surface area (Å²) in [5, 5.41) is 25.2. The number of carboxylic acids is 2. The molecule has 198 valence electrons. The molecule has 4 N–H and O–H groups in total. The number of aliphatic carboxylic acids is 2. The van der Waals surface area contributed by atoms with Gasteiger partial charge in [-0.15, -0.1) is 0 Å². The summed E-state index contributed by atoms with van der Waals surface area (Å²) in [4.78, 5) is 49.6. The number of benzene rings is 2.